The molecule has 1 aliphatic rings. The van der Waals surface area contributed by atoms with Gasteiger partial charge in [-0.15, -0.1) is 0 Å². The van der Waals surface area contributed by atoms with Gasteiger partial charge in [0.25, 0.3) is 5.71 Å². The van der Waals surface area contributed by atoms with Gasteiger partial charge in [-0.25, -0.2) is 0 Å². The third-order valence-corrected chi connectivity index (χ3v) is 2.95. The van der Waals surface area contributed by atoms with Crippen LogP contribution in [-0.4, -0.2) is 29.2 Å². The fourth-order valence-electron chi connectivity index (χ4n) is 1.66. The maximum atomic E-state index is 10.5. The zero-order chi connectivity index (χ0) is 14.6. The zero-order valence-electron chi connectivity index (χ0n) is 10.3. The first-order valence-electron chi connectivity index (χ1n) is 5.70. The number of benzene rings is 1. The molecule has 8 heteroatoms. The highest BCUT2D eigenvalue weighted by Crippen LogP contribution is 2.20. The first kappa shape index (κ1) is 14.1. The van der Waals surface area contributed by atoms with Crippen molar-refractivity contribution in [3.63, 3.8) is 0 Å². The molecule has 1 aromatic rings. The van der Waals surface area contributed by atoms with Crippen LogP contribution in [0, 0.1) is 0 Å². The molecule has 2 rings (SSSR count). The van der Waals surface area contributed by atoms with Crippen molar-refractivity contribution in [1.29, 1.82) is 0 Å². The van der Waals surface area contributed by atoms with Crippen LogP contribution < -0.4 is 4.18 Å². The smallest absolute Gasteiger partial charge is 0.362 e. The van der Waals surface area contributed by atoms with E-state index in [9.17, 15) is 8.42 Å². The van der Waals surface area contributed by atoms with E-state index in [1.54, 1.807) is 24.3 Å². The van der Waals surface area contributed by atoms with Crippen LogP contribution in [0.4, 0.5) is 5.69 Å². The Morgan fingerprint density at radius 1 is 1.20 bits per heavy atom. The van der Waals surface area contributed by atoms with Crippen molar-refractivity contribution in [2.45, 2.75) is 12.8 Å². The Balaban J connectivity index is 2.13. The van der Waals surface area contributed by atoms with E-state index in [2.05, 4.69) is 14.0 Å². The van der Waals surface area contributed by atoms with Crippen molar-refractivity contribution in [1.82, 2.24) is 0 Å². The van der Waals surface area contributed by atoms with Crippen LogP contribution >= 0.6 is 0 Å². The van der Waals surface area contributed by atoms with Crippen molar-refractivity contribution in [3.8, 4) is 5.75 Å². The van der Waals surface area contributed by atoms with Crippen molar-refractivity contribution >= 4 is 27.5 Å². The lowest BCUT2D eigenvalue weighted by Gasteiger charge is -2.04. The molecule has 1 N–H and O–H groups in total. The molecule has 104 valence electrons. The number of aliphatic imine (C=N–C) groups is 1. The van der Waals surface area contributed by atoms with Gasteiger partial charge in [0.2, 0.25) is 0 Å². The summed E-state index contributed by atoms with van der Waals surface area (Å²) in [5.41, 5.74) is 10.6. The van der Waals surface area contributed by atoms with E-state index in [1.807, 2.05) is 0 Å². The van der Waals surface area contributed by atoms with Gasteiger partial charge in [-0.05, 0) is 30.3 Å². The van der Waals surface area contributed by atoms with Crippen LogP contribution in [0.2, 0.25) is 0 Å². The molecule has 1 aliphatic carbocycles. The molecule has 0 heterocycles. The van der Waals surface area contributed by atoms with Gasteiger partial charge in [-0.3, -0.25) is 9.55 Å². The van der Waals surface area contributed by atoms with Crippen molar-refractivity contribution in [2.75, 3.05) is 0 Å². The normalized spacial score (nSPS) is 17.1. The van der Waals surface area contributed by atoms with E-state index in [4.69, 9.17) is 10.1 Å². The summed E-state index contributed by atoms with van der Waals surface area (Å²) >= 11 is 0. The van der Waals surface area contributed by atoms with E-state index in [-0.39, 0.29) is 5.75 Å². The predicted molar refractivity (Wildman–Crippen MR) is 72.7 cm³/mol. The Kier molecular flexibility index (Phi) is 4.09. The summed E-state index contributed by atoms with van der Waals surface area (Å²) in [6.07, 6.45) is 4.69. The zero-order valence-corrected chi connectivity index (χ0v) is 11.1. The molecule has 20 heavy (non-hydrogen) atoms. The van der Waals surface area contributed by atoms with E-state index in [0.29, 0.717) is 24.2 Å². The number of hydrogen-bond donors (Lipinski definition) is 1. The van der Waals surface area contributed by atoms with Crippen molar-refractivity contribution < 1.29 is 21.9 Å². The maximum Gasteiger partial charge on any atom is 0.446 e. The highest BCUT2D eigenvalue weighted by atomic mass is 32.3. The molecule has 0 aliphatic heterocycles. The monoisotopic (exact) mass is 293 g/mol. The predicted octanol–water partition coefficient (Wildman–Crippen LogP) is 1.96. The molecule has 0 fully saturated rings. The number of nitrogens with zero attached hydrogens (tertiary/aromatic N) is 3. The molecule has 0 bridgehead atoms. The Hall–Kier alpha value is -2.28. The van der Waals surface area contributed by atoms with Crippen LogP contribution in [0.25, 0.3) is 5.53 Å². The Labute approximate surface area is 115 Å². The van der Waals surface area contributed by atoms with Crippen LogP contribution in [0.15, 0.2) is 41.4 Å². The first-order chi connectivity index (χ1) is 9.46. The van der Waals surface area contributed by atoms with Gasteiger partial charge in [0.05, 0.1) is 12.1 Å². The van der Waals surface area contributed by atoms with Gasteiger partial charge in [0.15, 0.2) is 0 Å². The molecule has 0 aromatic heterocycles. The summed E-state index contributed by atoms with van der Waals surface area (Å²) in [5, 5.41) is 0. The SMILES string of the molecule is [N-]=[N+]=C1C=CC(=Nc2ccc(OS(=O)(=O)O)cc2)CC1. The molecular formula is C12H11N3O4S. The number of allylic oxidation sites excluding steroid dienone is 2. The molecule has 7 nitrogen and oxygen atoms in total. The molecule has 0 spiro atoms. The highest BCUT2D eigenvalue weighted by Gasteiger charge is 2.12. The second kappa shape index (κ2) is 5.79. The minimum absolute atomic E-state index is 0.00494. The molecule has 0 radical (unpaired) electrons. The Bertz CT molecular complexity index is 714. The van der Waals surface area contributed by atoms with Crippen molar-refractivity contribution in [2.24, 2.45) is 4.99 Å². The molecule has 0 saturated carbocycles. The minimum Gasteiger partial charge on any atom is -0.362 e. The van der Waals surface area contributed by atoms with Crippen LogP contribution in [0.5, 0.6) is 5.75 Å². The maximum absolute atomic E-state index is 10.5. The van der Waals surface area contributed by atoms with Crippen LogP contribution in [0.1, 0.15) is 12.8 Å². The average molecular weight is 293 g/mol. The fraction of sp³-hybridized carbons (Fsp3) is 0.167. The molecule has 0 atom stereocenters. The van der Waals surface area contributed by atoms with Gasteiger partial charge in [-0.2, -0.15) is 13.2 Å². The molecule has 0 saturated heterocycles. The average Bonchev–Trinajstić information content (AvgIpc) is 2.40. The topological polar surface area (TPSA) is 112 Å². The summed E-state index contributed by atoms with van der Waals surface area (Å²) in [6.45, 7) is 0. The van der Waals surface area contributed by atoms with Gasteiger partial charge < -0.3 is 9.71 Å². The number of hydrogen-bond acceptors (Lipinski definition) is 4. The van der Waals surface area contributed by atoms with E-state index in [1.165, 1.54) is 12.1 Å². The van der Waals surface area contributed by atoms with Crippen LogP contribution in [0.3, 0.4) is 0 Å². The standard InChI is InChI=1S/C12H11N3O4S/c13-15-11-3-1-9(2-4-11)14-10-5-7-12(8-6-10)19-20(16,17)18/h1,3,5-8H,2,4H2,(H,16,17,18). The Morgan fingerprint density at radius 3 is 2.40 bits per heavy atom. The van der Waals surface area contributed by atoms with Gasteiger partial charge >= 0.3 is 10.4 Å². The fourth-order valence-corrected chi connectivity index (χ4v) is 2.01. The molecule has 0 amide bonds. The third kappa shape index (κ3) is 4.13. The van der Waals surface area contributed by atoms with Gasteiger partial charge in [0, 0.05) is 18.2 Å². The lowest BCUT2D eigenvalue weighted by molar-refractivity contribution is -0.00621. The number of rotatable bonds is 3. The van der Waals surface area contributed by atoms with Gasteiger partial charge in [0.1, 0.15) is 5.75 Å². The van der Waals surface area contributed by atoms with Gasteiger partial charge in [-0.1, -0.05) is 0 Å². The summed E-state index contributed by atoms with van der Waals surface area (Å²) in [7, 11) is -4.51. The van der Waals surface area contributed by atoms with Crippen molar-refractivity contribution in [3.05, 3.63) is 41.9 Å². The highest BCUT2D eigenvalue weighted by molar-refractivity contribution is 7.81. The molecule has 1 aromatic carbocycles. The molecule has 0 unspecified atom stereocenters. The second-order valence-corrected chi connectivity index (χ2v) is 5.05. The second-order valence-electron chi connectivity index (χ2n) is 4.03. The lowest BCUT2D eigenvalue weighted by Crippen LogP contribution is -2.07. The first-order valence-corrected chi connectivity index (χ1v) is 7.06. The summed E-state index contributed by atoms with van der Waals surface area (Å²) < 4.78 is 33.9. The van der Waals surface area contributed by atoms with E-state index < -0.39 is 10.4 Å². The van der Waals surface area contributed by atoms with E-state index in [0.717, 1.165) is 5.71 Å². The summed E-state index contributed by atoms with van der Waals surface area (Å²) in [6, 6.07) is 5.91. The van der Waals surface area contributed by atoms with Crippen LogP contribution in [-0.2, 0) is 10.4 Å². The summed E-state index contributed by atoms with van der Waals surface area (Å²) in [5.74, 6) is 0.00494. The molecular weight excluding hydrogens is 282 g/mol. The lowest BCUT2D eigenvalue weighted by atomic mass is 10.0. The Morgan fingerprint density at radius 2 is 1.90 bits per heavy atom. The van der Waals surface area contributed by atoms with E-state index >= 15 is 0 Å². The minimum atomic E-state index is -4.51. The largest absolute Gasteiger partial charge is 0.446 e. The summed E-state index contributed by atoms with van der Waals surface area (Å²) in [4.78, 5) is 7.46. The quantitative estimate of drug-likeness (QED) is 0.521. The third-order valence-electron chi connectivity index (χ3n) is 2.54.